The lowest BCUT2D eigenvalue weighted by Crippen LogP contribution is -1.98. The molecule has 3 aromatic rings. The number of anilines is 1. The fourth-order valence-corrected chi connectivity index (χ4v) is 2.94. The lowest BCUT2D eigenvalue weighted by Gasteiger charge is -2.07. The zero-order valence-electron chi connectivity index (χ0n) is 11.6. The molecule has 21 heavy (non-hydrogen) atoms. The Kier molecular flexibility index (Phi) is 4.23. The second-order valence-electron chi connectivity index (χ2n) is 4.81. The summed E-state index contributed by atoms with van der Waals surface area (Å²) in [5.41, 5.74) is 4.44. The molecule has 0 bridgehead atoms. The maximum Gasteiger partial charge on any atom is 0.0901 e. The highest BCUT2D eigenvalue weighted by molar-refractivity contribution is 7.09. The van der Waals surface area contributed by atoms with E-state index in [4.69, 9.17) is 11.6 Å². The van der Waals surface area contributed by atoms with Crippen LogP contribution in [-0.2, 0) is 6.54 Å². The Balaban J connectivity index is 1.67. The van der Waals surface area contributed by atoms with Crippen molar-refractivity contribution in [2.45, 2.75) is 13.5 Å². The molecule has 3 rings (SSSR count). The Morgan fingerprint density at radius 3 is 2.62 bits per heavy atom. The van der Waals surface area contributed by atoms with Crippen LogP contribution in [0.2, 0.25) is 5.02 Å². The van der Waals surface area contributed by atoms with Crippen molar-refractivity contribution >= 4 is 28.6 Å². The van der Waals surface area contributed by atoms with Gasteiger partial charge in [-0.25, -0.2) is 4.98 Å². The average Bonchev–Trinajstić information content (AvgIpc) is 2.92. The Labute approximate surface area is 133 Å². The normalized spacial score (nSPS) is 10.6. The summed E-state index contributed by atoms with van der Waals surface area (Å²) >= 11 is 7.66. The first-order valence-electron chi connectivity index (χ1n) is 6.71. The number of aromatic nitrogens is 1. The van der Waals surface area contributed by atoms with Gasteiger partial charge in [0.15, 0.2) is 0 Å². The van der Waals surface area contributed by atoms with Crippen molar-refractivity contribution in [3.05, 3.63) is 69.5 Å². The van der Waals surface area contributed by atoms with Crippen molar-refractivity contribution in [2.24, 2.45) is 0 Å². The van der Waals surface area contributed by atoms with E-state index in [0.29, 0.717) is 0 Å². The Hall–Kier alpha value is -1.84. The van der Waals surface area contributed by atoms with E-state index in [1.165, 1.54) is 5.56 Å². The van der Waals surface area contributed by atoms with Crippen LogP contribution >= 0.6 is 22.9 Å². The van der Waals surface area contributed by atoms with Gasteiger partial charge >= 0.3 is 0 Å². The molecule has 0 saturated carbocycles. The van der Waals surface area contributed by atoms with Crippen molar-refractivity contribution in [3.8, 4) is 11.3 Å². The van der Waals surface area contributed by atoms with Gasteiger partial charge in [0.2, 0.25) is 0 Å². The summed E-state index contributed by atoms with van der Waals surface area (Å²) in [5, 5.41) is 7.34. The molecule has 1 aromatic heterocycles. The monoisotopic (exact) mass is 314 g/mol. The molecule has 1 N–H and O–H groups in total. The number of benzene rings is 2. The average molecular weight is 315 g/mol. The van der Waals surface area contributed by atoms with Gasteiger partial charge in [0.25, 0.3) is 0 Å². The summed E-state index contributed by atoms with van der Waals surface area (Å²) in [6, 6.07) is 16.2. The van der Waals surface area contributed by atoms with Crippen LogP contribution in [0.5, 0.6) is 0 Å². The van der Waals surface area contributed by atoms with E-state index in [0.717, 1.165) is 33.5 Å². The van der Waals surface area contributed by atoms with Crippen LogP contribution in [0.3, 0.4) is 0 Å². The molecule has 0 fully saturated rings. The molecule has 2 aromatic carbocycles. The molecule has 4 heteroatoms. The standard InChI is InChI=1S/C17H15ClN2S/c1-12-20-17(11-21-12)14-5-7-16(8-6-14)19-10-13-3-2-4-15(18)9-13/h2-9,11,19H,10H2,1H3. The minimum Gasteiger partial charge on any atom is -0.381 e. The first kappa shape index (κ1) is 14.1. The Bertz CT molecular complexity index is 735. The molecule has 1 heterocycles. The molecule has 0 unspecified atom stereocenters. The molecule has 0 spiro atoms. The molecule has 0 aliphatic heterocycles. The van der Waals surface area contributed by atoms with Crippen LogP contribution < -0.4 is 5.32 Å². The number of thiazole rings is 1. The van der Waals surface area contributed by atoms with Gasteiger partial charge in [0, 0.05) is 28.2 Å². The number of aryl methyl sites for hydroxylation is 1. The minimum absolute atomic E-state index is 0.760. The summed E-state index contributed by atoms with van der Waals surface area (Å²) < 4.78 is 0. The summed E-state index contributed by atoms with van der Waals surface area (Å²) in [6.45, 7) is 2.78. The van der Waals surface area contributed by atoms with E-state index >= 15 is 0 Å². The van der Waals surface area contributed by atoms with Crippen LogP contribution in [0.4, 0.5) is 5.69 Å². The van der Waals surface area contributed by atoms with Gasteiger partial charge < -0.3 is 5.32 Å². The number of nitrogens with zero attached hydrogens (tertiary/aromatic N) is 1. The predicted molar refractivity (Wildman–Crippen MR) is 91.1 cm³/mol. The number of hydrogen-bond donors (Lipinski definition) is 1. The molecule has 0 saturated heterocycles. The van der Waals surface area contributed by atoms with E-state index in [9.17, 15) is 0 Å². The van der Waals surface area contributed by atoms with Crippen LogP contribution in [0.15, 0.2) is 53.9 Å². The first-order chi connectivity index (χ1) is 10.2. The molecule has 0 atom stereocenters. The maximum absolute atomic E-state index is 5.98. The number of rotatable bonds is 4. The van der Waals surface area contributed by atoms with Crippen LogP contribution in [0.25, 0.3) is 11.3 Å². The van der Waals surface area contributed by atoms with E-state index in [2.05, 4.69) is 46.0 Å². The molecule has 0 aliphatic carbocycles. The van der Waals surface area contributed by atoms with Gasteiger partial charge in [-0.1, -0.05) is 35.9 Å². The zero-order chi connectivity index (χ0) is 14.7. The van der Waals surface area contributed by atoms with Crippen LogP contribution in [0, 0.1) is 6.92 Å². The lowest BCUT2D eigenvalue weighted by molar-refractivity contribution is 1.15. The number of nitrogens with one attached hydrogen (secondary N) is 1. The van der Waals surface area contributed by atoms with Crippen molar-refractivity contribution < 1.29 is 0 Å². The summed E-state index contributed by atoms with van der Waals surface area (Å²) in [6.07, 6.45) is 0. The third-order valence-corrected chi connectivity index (χ3v) is 4.19. The molecule has 0 amide bonds. The SMILES string of the molecule is Cc1nc(-c2ccc(NCc3cccc(Cl)c3)cc2)cs1. The lowest BCUT2D eigenvalue weighted by atomic mass is 10.1. The van der Waals surface area contributed by atoms with Crippen LogP contribution in [0.1, 0.15) is 10.6 Å². The summed E-state index contributed by atoms with van der Waals surface area (Å²) in [4.78, 5) is 4.50. The van der Waals surface area contributed by atoms with E-state index in [-0.39, 0.29) is 0 Å². The van der Waals surface area contributed by atoms with Gasteiger partial charge in [0.05, 0.1) is 10.7 Å². The van der Waals surface area contributed by atoms with Crippen molar-refractivity contribution in [2.75, 3.05) is 5.32 Å². The van der Waals surface area contributed by atoms with Gasteiger partial charge in [-0.15, -0.1) is 11.3 Å². The van der Waals surface area contributed by atoms with Crippen LogP contribution in [-0.4, -0.2) is 4.98 Å². The third-order valence-electron chi connectivity index (χ3n) is 3.19. The molecular weight excluding hydrogens is 300 g/mol. The highest BCUT2D eigenvalue weighted by Gasteiger charge is 2.02. The van der Waals surface area contributed by atoms with Gasteiger partial charge in [-0.05, 0) is 36.8 Å². The fourth-order valence-electron chi connectivity index (χ4n) is 2.11. The maximum atomic E-state index is 5.98. The Morgan fingerprint density at radius 2 is 1.95 bits per heavy atom. The molecule has 0 aliphatic rings. The number of hydrogen-bond acceptors (Lipinski definition) is 3. The van der Waals surface area contributed by atoms with Gasteiger partial charge in [0.1, 0.15) is 0 Å². The molecule has 2 nitrogen and oxygen atoms in total. The topological polar surface area (TPSA) is 24.9 Å². The van der Waals surface area contributed by atoms with E-state index in [1.54, 1.807) is 11.3 Å². The van der Waals surface area contributed by atoms with Crippen molar-refractivity contribution in [1.82, 2.24) is 4.98 Å². The van der Waals surface area contributed by atoms with Gasteiger partial charge in [-0.2, -0.15) is 0 Å². The van der Waals surface area contributed by atoms with Crippen molar-refractivity contribution in [1.29, 1.82) is 0 Å². The number of halogens is 1. The van der Waals surface area contributed by atoms with Gasteiger partial charge in [-0.3, -0.25) is 0 Å². The zero-order valence-corrected chi connectivity index (χ0v) is 13.2. The second-order valence-corrected chi connectivity index (χ2v) is 6.31. The fraction of sp³-hybridized carbons (Fsp3) is 0.118. The second kappa shape index (κ2) is 6.29. The smallest absolute Gasteiger partial charge is 0.0901 e. The third kappa shape index (κ3) is 3.63. The highest BCUT2D eigenvalue weighted by Crippen LogP contribution is 2.23. The first-order valence-corrected chi connectivity index (χ1v) is 7.97. The van der Waals surface area contributed by atoms with E-state index < -0.39 is 0 Å². The predicted octanol–water partition coefficient (Wildman–Crippen LogP) is 5.38. The molecular formula is C17H15ClN2S. The quantitative estimate of drug-likeness (QED) is 0.699. The Morgan fingerprint density at radius 1 is 1.14 bits per heavy atom. The summed E-state index contributed by atoms with van der Waals surface area (Å²) in [5.74, 6) is 0. The summed E-state index contributed by atoms with van der Waals surface area (Å²) in [7, 11) is 0. The molecule has 0 radical (unpaired) electrons. The van der Waals surface area contributed by atoms with Crippen molar-refractivity contribution in [3.63, 3.8) is 0 Å². The molecule has 106 valence electrons. The minimum atomic E-state index is 0.760. The largest absolute Gasteiger partial charge is 0.381 e. The van der Waals surface area contributed by atoms with E-state index in [1.807, 2.05) is 25.1 Å². The highest BCUT2D eigenvalue weighted by atomic mass is 35.5.